The Bertz CT molecular complexity index is 917. The average Bonchev–Trinajstić information content (AvgIpc) is 3.15. The first kappa shape index (κ1) is 18.4. The van der Waals surface area contributed by atoms with Crippen molar-refractivity contribution in [1.82, 2.24) is 4.98 Å². The van der Waals surface area contributed by atoms with Crippen LogP contribution >= 0.6 is 0 Å². The number of pyridine rings is 1. The smallest absolute Gasteiger partial charge is 0.255 e. The monoisotopic (exact) mass is 364 g/mol. The van der Waals surface area contributed by atoms with E-state index in [1.807, 2.05) is 30.4 Å². The van der Waals surface area contributed by atoms with Gasteiger partial charge in [-0.05, 0) is 42.3 Å². The zero-order valence-corrected chi connectivity index (χ0v) is 15.0. The summed E-state index contributed by atoms with van der Waals surface area (Å²) in [5.41, 5.74) is 8.66. The van der Waals surface area contributed by atoms with Gasteiger partial charge in [0.15, 0.2) is 23.9 Å². The topological polar surface area (TPSA) is 91.5 Å². The number of rotatable bonds is 8. The summed E-state index contributed by atoms with van der Waals surface area (Å²) in [6, 6.07) is 10.7. The van der Waals surface area contributed by atoms with Crippen LogP contribution in [0.4, 0.5) is 0 Å². The molecule has 1 aromatic carbocycles. The van der Waals surface area contributed by atoms with Crippen LogP contribution in [0.1, 0.15) is 28.9 Å². The summed E-state index contributed by atoms with van der Waals surface area (Å²) in [5.74, 6) is 0.153. The number of ketones is 1. The number of benzene rings is 1. The summed E-state index contributed by atoms with van der Waals surface area (Å²) >= 11 is 0. The van der Waals surface area contributed by atoms with Crippen molar-refractivity contribution in [2.24, 2.45) is 5.73 Å². The molecular weight excluding hydrogens is 344 g/mol. The Morgan fingerprint density at radius 3 is 2.70 bits per heavy atom. The van der Waals surface area contributed by atoms with Gasteiger partial charge in [-0.1, -0.05) is 23.8 Å². The summed E-state index contributed by atoms with van der Waals surface area (Å²) in [4.78, 5) is 27.8. The van der Waals surface area contributed by atoms with Crippen LogP contribution in [-0.4, -0.2) is 30.4 Å². The van der Waals surface area contributed by atoms with Crippen LogP contribution in [0.5, 0.6) is 11.5 Å². The number of hydrogen-bond donors (Lipinski definition) is 1. The second-order valence-electron chi connectivity index (χ2n) is 6.13. The van der Waals surface area contributed by atoms with Gasteiger partial charge in [-0.25, -0.2) is 0 Å². The number of nitrogens with zero attached hydrogens (tertiary/aromatic N) is 1. The summed E-state index contributed by atoms with van der Waals surface area (Å²) in [5, 5.41) is 0. The van der Waals surface area contributed by atoms with E-state index < -0.39 is 5.91 Å². The molecule has 27 heavy (non-hydrogen) atoms. The van der Waals surface area contributed by atoms with Crippen molar-refractivity contribution in [3.05, 3.63) is 71.6 Å². The third kappa shape index (κ3) is 4.61. The Kier molecular flexibility index (Phi) is 5.66. The van der Waals surface area contributed by atoms with E-state index in [2.05, 4.69) is 4.98 Å². The molecule has 2 N–H and O–H groups in total. The molecule has 6 heteroatoms. The van der Waals surface area contributed by atoms with Crippen molar-refractivity contribution in [3.8, 4) is 11.5 Å². The van der Waals surface area contributed by atoms with Gasteiger partial charge in [-0.15, -0.1) is 0 Å². The molecule has 0 bridgehead atoms. The largest absolute Gasteiger partial charge is 0.493 e. The lowest BCUT2D eigenvalue weighted by atomic mass is 10.00. The maximum absolute atomic E-state index is 12.6. The van der Waals surface area contributed by atoms with Gasteiger partial charge in [0.2, 0.25) is 0 Å². The zero-order chi connectivity index (χ0) is 19.2. The number of nitrogens with two attached hydrogens (primary N) is 1. The molecule has 1 aliphatic carbocycles. The fourth-order valence-electron chi connectivity index (χ4n) is 2.85. The molecule has 0 unspecified atom stereocenters. The van der Waals surface area contributed by atoms with Crippen molar-refractivity contribution in [2.75, 3.05) is 13.7 Å². The minimum atomic E-state index is -0.582. The Hall–Kier alpha value is -3.41. The number of amides is 1. The molecule has 0 aliphatic heterocycles. The molecule has 1 amide bonds. The highest BCUT2D eigenvalue weighted by Crippen LogP contribution is 2.31. The number of aromatic nitrogens is 1. The van der Waals surface area contributed by atoms with Gasteiger partial charge < -0.3 is 15.2 Å². The highest BCUT2D eigenvalue weighted by Gasteiger charge is 2.17. The predicted molar refractivity (Wildman–Crippen MR) is 102 cm³/mol. The van der Waals surface area contributed by atoms with E-state index in [1.54, 1.807) is 24.4 Å². The molecule has 0 atom stereocenters. The lowest BCUT2D eigenvalue weighted by molar-refractivity contribution is -0.119. The minimum absolute atomic E-state index is 0.0170. The maximum Gasteiger partial charge on any atom is 0.255 e. The molecule has 1 aliphatic rings. The van der Waals surface area contributed by atoms with Gasteiger partial charge in [-0.2, -0.15) is 0 Å². The Labute approximate surface area is 157 Å². The SMILES string of the molecule is COc1cc(C(=O)CC2=CC=C(c3ccccn3)C2)ccc1OCC(N)=O. The van der Waals surface area contributed by atoms with E-state index in [0.29, 0.717) is 29.9 Å². The fraction of sp³-hybridized carbons (Fsp3) is 0.190. The number of Topliss-reactive ketones (excluding diaryl/α,β-unsaturated/α-hetero) is 1. The number of carbonyl (C=O) groups excluding carboxylic acids is 2. The quantitative estimate of drug-likeness (QED) is 0.727. The normalized spacial score (nSPS) is 12.9. The third-order valence-corrected chi connectivity index (χ3v) is 4.17. The van der Waals surface area contributed by atoms with Gasteiger partial charge in [0, 0.05) is 18.2 Å². The van der Waals surface area contributed by atoms with E-state index >= 15 is 0 Å². The van der Waals surface area contributed by atoms with E-state index in [0.717, 1.165) is 16.8 Å². The Morgan fingerprint density at radius 1 is 1.15 bits per heavy atom. The molecule has 1 aromatic heterocycles. The standard InChI is InChI=1S/C21H20N2O4/c1-26-20-12-16(7-8-19(20)27-13-21(22)25)18(24)11-14-5-6-15(10-14)17-4-2-3-9-23-17/h2-9,12H,10-11,13H2,1H3,(H2,22,25). The van der Waals surface area contributed by atoms with Gasteiger partial charge >= 0.3 is 0 Å². The molecule has 0 saturated carbocycles. The number of primary amides is 1. The summed E-state index contributed by atoms with van der Waals surface area (Å²) in [7, 11) is 1.48. The number of hydrogen-bond acceptors (Lipinski definition) is 5. The van der Waals surface area contributed by atoms with Crippen molar-refractivity contribution in [1.29, 1.82) is 0 Å². The van der Waals surface area contributed by atoms with Gasteiger partial charge in [-0.3, -0.25) is 14.6 Å². The van der Waals surface area contributed by atoms with Crippen molar-refractivity contribution < 1.29 is 19.1 Å². The van der Waals surface area contributed by atoms with E-state index in [1.165, 1.54) is 7.11 Å². The van der Waals surface area contributed by atoms with Crippen molar-refractivity contribution >= 4 is 17.3 Å². The number of allylic oxidation sites excluding steroid dienone is 4. The van der Waals surface area contributed by atoms with Gasteiger partial charge in [0.1, 0.15) is 0 Å². The number of ether oxygens (including phenoxy) is 2. The molecular formula is C21H20N2O4. The van der Waals surface area contributed by atoms with Crippen LogP contribution in [0, 0.1) is 0 Å². The lowest BCUT2D eigenvalue weighted by Crippen LogP contribution is -2.20. The van der Waals surface area contributed by atoms with E-state index in [4.69, 9.17) is 15.2 Å². The first-order valence-electron chi connectivity index (χ1n) is 8.49. The first-order valence-corrected chi connectivity index (χ1v) is 8.49. The summed E-state index contributed by atoms with van der Waals surface area (Å²) < 4.78 is 10.5. The van der Waals surface area contributed by atoms with Crippen LogP contribution in [0.3, 0.4) is 0 Å². The lowest BCUT2D eigenvalue weighted by Gasteiger charge is -2.11. The molecule has 0 radical (unpaired) electrons. The van der Waals surface area contributed by atoms with Gasteiger partial charge in [0.25, 0.3) is 5.91 Å². The number of carbonyl (C=O) groups is 2. The molecule has 0 saturated heterocycles. The molecule has 1 heterocycles. The molecule has 3 rings (SSSR count). The highest BCUT2D eigenvalue weighted by atomic mass is 16.5. The van der Waals surface area contributed by atoms with E-state index in [-0.39, 0.29) is 12.4 Å². The van der Waals surface area contributed by atoms with Crippen LogP contribution in [0.15, 0.2) is 60.3 Å². The maximum atomic E-state index is 12.6. The Morgan fingerprint density at radius 2 is 2.00 bits per heavy atom. The Balaban J connectivity index is 1.64. The predicted octanol–water partition coefficient (Wildman–Crippen LogP) is 2.94. The minimum Gasteiger partial charge on any atom is -0.493 e. The van der Waals surface area contributed by atoms with Crippen LogP contribution in [0.2, 0.25) is 0 Å². The highest BCUT2D eigenvalue weighted by molar-refractivity contribution is 5.98. The molecule has 138 valence electrons. The van der Waals surface area contributed by atoms with Crippen LogP contribution in [0.25, 0.3) is 5.57 Å². The molecule has 2 aromatic rings. The molecule has 0 spiro atoms. The zero-order valence-electron chi connectivity index (χ0n) is 15.0. The van der Waals surface area contributed by atoms with Crippen molar-refractivity contribution in [3.63, 3.8) is 0 Å². The van der Waals surface area contributed by atoms with Crippen molar-refractivity contribution in [2.45, 2.75) is 12.8 Å². The third-order valence-electron chi connectivity index (χ3n) is 4.17. The average molecular weight is 364 g/mol. The number of methoxy groups -OCH3 is 1. The second-order valence-corrected chi connectivity index (χ2v) is 6.13. The van der Waals surface area contributed by atoms with Crippen LogP contribution < -0.4 is 15.2 Å². The molecule has 6 nitrogen and oxygen atoms in total. The van der Waals surface area contributed by atoms with E-state index in [9.17, 15) is 9.59 Å². The summed E-state index contributed by atoms with van der Waals surface area (Å²) in [6.45, 7) is -0.251. The second kappa shape index (κ2) is 8.31. The first-order chi connectivity index (χ1) is 13.1. The fourth-order valence-corrected chi connectivity index (χ4v) is 2.85. The van der Waals surface area contributed by atoms with Crippen LogP contribution in [-0.2, 0) is 4.79 Å². The van der Waals surface area contributed by atoms with Gasteiger partial charge in [0.05, 0.1) is 12.8 Å². The molecule has 0 fully saturated rings. The summed E-state index contributed by atoms with van der Waals surface area (Å²) in [6.07, 6.45) is 6.76.